The summed E-state index contributed by atoms with van der Waals surface area (Å²) in [6.45, 7) is 2.92. The number of aromatic nitrogens is 3. The maximum Gasteiger partial charge on any atom is 0.311 e. The van der Waals surface area contributed by atoms with E-state index in [-0.39, 0.29) is 25.7 Å². The van der Waals surface area contributed by atoms with Crippen LogP contribution < -0.4 is 0 Å². The number of carboxylic acid groups (broad SMARTS) is 1. The molecule has 2 atom stereocenters. The lowest BCUT2D eigenvalue weighted by molar-refractivity contribution is -0.145. The number of hydrogen-bond acceptors (Lipinski definition) is 5. The summed E-state index contributed by atoms with van der Waals surface area (Å²) in [6.07, 6.45) is 3.57. The van der Waals surface area contributed by atoms with Crippen LogP contribution in [0.2, 0.25) is 0 Å². The fourth-order valence-electron chi connectivity index (χ4n) is 2.35. The molecule has 0 radical (unpaired) electrons. The molecule has 1 saturated heterocycles. The molecule has 0 saturated carbocycles. The lowest BCUT2D eigenvalue weighted by atomic mass is 10.0. The van der Waals surface area contributed by atoms with Crippen LogP contribution in [-0.2, 0) is 20.9 Å². The van der Waals surface area contributed by atoms with E-state index < -0.39 is 17.9 Å². The Bertz CT molecular complexity index is 462. The monoisotopic (exact) mass is 282 g/mol. The van der Waals surface area contributed by atoms with Crippen molar-refractivity contribution in [2.45, 2.75) is 25.9 Å². The Hall–Kier alpha value is -1.96. The van der Waals surface area contributed by atoms with Gasteiger partial charge in [-0.3, -0.25) is 9.59 Å². The Morgan fingerprint density at radius 2 is 2.30 bits per heavy atom. The van der Waals surface area contributed by atoms with Gasteiger partial charge in [-0.1, -0.05) is 6.92 Å². The van der Waals surface area contributed by atoms with Gasteiger partial charge in [0.25, 0.3) is 0 Å². The van der Waals surface area contributed by atoms with Crippen molar-refractivity contribution in [3.05, 3.63) is 12.7 Å². The van der Waals surface area contributed by atoms with E-state index in [1.165, 1.54) is 17.3 Å². The molecule has 0 aliphatic carbocycles. The van der Waals surface area contributed by atoms with E-state index in [1.54, 1.807) is 4.90 Å². The minimum Gasteiger partial charge on any atom is -0.481 e. The number of amides is 1. The van der Waals surface area contributed by atoms with Crippen LogP contribution in [-0.4, -0.2) is 62.4 Å². The molecule has 2 heterocycles. The molecule has 1 aromatic heterocycles. The van der Waals surface area contributed by atoms with Crippen molar-refractivity contribution >= 4 is 11.9 Å². The molecule has 1 N–H and O–H groups in total. The average Bonchev–Trinajstić information content (AvgIpc) is 3.06. The molecule has 1 aliphatic rings. The number of carbonyl (C=O) groups excluding carboxylic acids is 1. The van der Waals surface area contributed by atoms with Gasteiger partial charge in [0.1, 0.15) is 25.1 Å². The minimum absolute atomic E-state index is 0.0584. The van der Waals surface area contributed by atoms with Gasteiger partial charge >= 0.3 is 5.97 Å². The Labute approximate surface area is 116 Å². The smallest absolute Gasteiger partial charge is 0.311 e. The van der Waals surface area contributed by atoms with Crippen molar-refractivity contribution in [1.29, 1.82) is 0 Å². The zero-order valence-electron chi connectivity index (χ0n) is 11.3. The molecule has 1 aromatic rings. The average molecular weight is 282 g/mol. The minimum atomic E-state index is -0.929. The number of hydrogen-bond donors (Lipinski definition) is 1. The zero-order valence-corrected chi connectivity index (χ0v) is 11.3. The van der Waals surface area contributed by atoms with Crippen LogP contribution in [0.1, 0.15) is 13.3 Å². The standard InChI is InChI=1S/C12H18N4O4/c1-2-3-16(10-6-20-5-9(10)12(18)19)11(17)4-15-8-13-7-14-15/h7-10H,2-6H2,1H3,(H,18,19). The van der Waals surface area contributed by atoms with E-state index in [2.05, 4.69) is 10.1 Å². The van der Waals surface area contributed by atoms with E-state index in [1.807, 2.05) is 6.92 Å². The van der Waals surface area contributed by atoms with Crippen molar-refractivity contribution in [2.24, 2.45) is 5.92 Å². The zero-order chi connectivity index (χ0) is 14.5. The fraction of sp³-hybridized carbons (Fsp3) is 0.667. The van der Waals surface area contributed by atoms with Crippen LogP contribution >= 0.6 is 0 Å². The summed E-state index contributed by atoms with van der Waals surface area (Å²) in [7, 11) is 0. The molecule has 2 rings (SSSR count). The maximum atomic E-state index is 12.3. The van der Waals surface area contributed by atoms with Crippen LogP contribution in [0.25, 0.3) is 0 Å². The molecular weight excluding hydrogens is 264 g/mol. The highest BCUT2D eigenvalue weighted by Gasteiger charge is 2.39. The first-order valence-corrected chi connectivity index (χ1v) is 6.56. The molecule has 8 heteroatoms. The lowest BCUT2D eigenvalue weighted by Crippen LogP contribution is -2.48. The first-order chi connectivity index (χ1) is 9.63. The fourth-order valence-corrected chi connectivity index (χ4v) is 2.35. The highest BCUT2D eigenvalue weighted by Crippen LogP contribution is 2.21. The summed E-state index contributed by atoms with van der Waals surface area (Å²) in [5, 5.41) is 13.1. The second kappa shape index (κ2) is 6.47. The van der Waals surface area contributed by atoms with Crippen LogP contribution in [0.5, 0.6) is 0 Å². The SMILES string of the molecule is CCCN(C(=O)Cn1cncn1)C1COCC1C(=O)O. The Morgan fingerprint density at radius 1 is 1.50 bits per heavy atom. The second-order valence-corrected chi connectivity index (χ2v) is 4.73. The van der Waals surface area contributed by atoms with Gasteiger partial charge in [-0.05, 0) is 6.42 Å². The van der Waals surface area contributed by atoms with Crippen molar-refractivity contribution in [2.75, 3.05) is 19.8 Å². The normalized spacial score (nSPS) is 21.9. The van der Waals surface area contributed by atoms with Crippen LogP contribution in [0.4, 0.5) is 0 Å². The van der Waals surface area contributed by atoms with Crippen LogP contribution in [0.3, 0.4) is 0 Å². The maximum absolute atomic E-state index is 12.3. The first-order valence-electron chi connectivity index (χ1n) is 6.56. The predicted octanol–water partition coefficient (Wildman–Crippen LogP) is -0.384. The number of carbonyl (C=O) groups is 2. The van der Waals surface area contributed by atoms with Crippen LogP contribution in [0.15, 0.2) is 12.7 Å². The Kier molecular flexibility index (Phi) is 4.67. The van der Waals surface area contributed by atoms with Gasteiger partial charge in [-0.15, -0.1) is 0 Å². The number of nitrogens with zero attached hydrogens (tertiary/aromatic N) is 4. The van der Waals surface area contributed by atoms with Gasteiger partial charge < -0.3 is 14.7 Å². The molecule has 0 bridgehead atoms. The number of aliphatic carboxylic acids is 1. The molecule has 20 heavy (non-hydrogen) atoms. The summed E-state index contributed by atoms with van der Waals surface area (Å²) in [6, 6.07) is -0.413. The highest BCUT2D eigenvalue weighted by atomic mass is 16.5. The van der Waals surface area contributed by atoms with E-state index in [4.69, 9.17) is 4.74 Å². The second-order valence-electron chi connectivity index (χ2n) is 4.73. The van der Waals surface area contributed by atoms with Crippen molar-refractivity contribution < 1.29 is 19.4 Å². The van der Waals surface area contributed by atoms with Gasteiger partial charge in [-0.2, -0.15) is 5.10 Å². The summed E-state index contributed by atoms with van der Waals surface area (Å²) in [4.78, 5) is 28.9. The van der Waals surface area contributed by atoms with Gasteiger partial charge in [0.2, 0.25) is 5.91 Å². The van der Waals surface area contributed by atoms with Crippen molar-refractivity contribution in [3.8, 4) is 0 Å². The van der Waals surface area contributed by atoms with Crippen molar-refractivity contribution in [3.63, 3.8) is 0 Å². The highest BCUT2D eigenvalue weighted by molar-refractivity contribution is 5.78. The Balaban J connectivity index is 2.09. The van der Waals surface area contributed by atoms with Crippen LogP contribution in [0, 0.1) is 5.92 Å². The summed E-state index contributed by atoms with van der Waals surface area (Å²) >= 11 is 0. The van der Waals surface area contributed by atoms with Gasteiger partial charge in [0.15, 0.2) is 0 Å². The van der Waals surface area contributed by atoms with Crippen molar-refractivity contribution in [1.82, 2.24) is 19.7 Å². The molecule has 1 amide bonds. The molecule has 0 aromatic carbocycles. The molecule has 8 nitrogen and oxygen atoms in total. The Morgan fingerprint density at radius 3 is 2.90 bits per heavy atom. The summed E-state index contributed by atoms with van der Waals surface area (Å²) in [5.74, 6) is -1.76. The molecule has 2 unspecified atom stereocenters. The van der Waals surface area contributed by atoms with E-state index >= 15 is 0 Å². The summed E-state index contributed by atoms with van der Waals surface area (Å²) < 4.78 is 6.66. The number of rotatable bonds is 6. The first kappa shape index (κ1) is 14.4. The lowest BCUT2D eigenvalue weighted by Gasteiger charge is -2.30. The summed E-state index contributed by atoms with van der Waals surface area (Å²) in [5.41, 5.74) is 0. The van der Waals surface area contributed by atoms with E-state index in [9.17, 15) is 14.7 Å². The predicted molar refractivity (Wildman–Crippen MR) is 67.8 cm³/mol. The molecule has 110 valence electrons. The third kappa shape index (κ3) is 3.13. The van der Waals surface area contributed by atoms with E-state index in [0.717, 1.165) is 6.42 Å². The van der Waals surface area contributed by atoms with Gasteiger partial charge in [-0.25, -0.2) is 9.67 Å². The third-order valence-electron chi connectivity index (χ3n) is 3.32. The van der Waals surface area contributed by atoms with Gasteiger partial charge in [0.05, 0.1) is 19.3 Å². The molecule has 1 aliphatic heterocycles. The largest absolute Gasteiger partial charge is 0.481 e. The third-order valence-corrected chi connectivity index (χ3v) is 3.32. The molecule has 0 spiro atoms. The molecular formula is C12H18N4O4. The quantitative estimate of drug-likeness (QED) is 0.763. The van der Waals surface area contributed by atoms with E-state index in [0.29, 0.717) is 6.54 Å². The molecule has 1 fully saturated rings. The number of carboxylic acids is 1. The topological polar surface area (TPSA) is 97.5 Å². The van der Waals surface area contributed by atoms with Gasteiger partial charge in [0, 0.05) is 6.54 Å². The number of ether oxygens (including phenoxy) is 1.